The fraction of sp³-hybridized carbons (Fsp3) is 0.286. The van der Waals surface area contributed by atoms with Crippen molar-refractivity contribution in [1.29, 1.82) is 0 Å². The third-order valence-electron chi connectivity index (χ3n) is 4.76. The fourth-order valence-corrected chi connectivity index (χ4v) is 3.29. The molecule has 0 aliphatic heterocycles. The highest BCUT2D eigenvalue weighted by atomic mass is 35.5. The predicted molar refractivity (Wildman–Crippen MR) is 102 cm³/mol. The first-order valence-corrected chi connectivity index (χ1v) is 9.19. The minimum atomic E-state index is 0.324. The van der Waals surface area contributed by atoms with Crippen LogP contribution in [0, 0.1) is 5.92 Å². The zero-order valence-corrected chi connectivity index (χ0v) is 15.4. The van der Waals surface area contributed by atoms with E-state index in [9.17, 15) is 0 Å². The molecule has 1 aromatic heterocycles. The molecule has 1 atom stereocenters. The summed E-state index contributed by atoms with van der Waals surface area (Å²) in [4.78, 5) is 0. The fourth-order valence-electron chi connectivity index (χ4n) is 3.16. The van der Waals surface area contributed by atoms with Crippen molar-refractivity contribution in [3.63, 3.8) is 0 Å². The van der Waals surface area contributed by atoms with E-state index in [1.807, 2.05) is 42.5 Å². The van der Waals surface area contributed by atoms with Crippen molar-refractivity contribution in [2.24, 2.45) is 5.92 Å². The molecule has 26 heavy (non-hydrogen) atoms. The van der Waals surface area contributed by atoms with Gasteiger partial charge in [0.25, 0.3) is 0 Å². The van der Waals surface area contributed by atoms with Crippen LogP contribution in [0.25, 0.3) is 11.3 Å². The number of ether oxygens (including phenoxy) is 1. The van der Waals surface area contributed by atoms with Crippen LogP contribution in [0.2, 0.25) is 5.02 Å². The van der Waals surface area contributed by atoms with Gasteiger partial charge in [-0.25, -0.2) is 0 Å². The molecule has 0 radical (unpaired) electrons. The summed E-state index contributed by atoms with van der Waals surface area (Å²) in [5, 5.41) is 8.52. The number of methoxy groups -OCH3 is 1. The first-order valence-electron chi connectivity index (χ1n) is 8.82. The van der Waals surface area contributed by atoms with Crippen molar-refractivity contribution in [3.05, 3.63) is 70.9 Å². The van der Waals surface area contributed by atoms with E-state index in [0.717, 1.165) is 22.8 Å². The van der Waals surface area contributed by atoms with Crippen molar-refractivity contribution in [3.8, 4) is 17.0 Å². The number of hydrogen-bond acceptors (Lipinski definition) is 4. The van der Waals surface area contributed by atoms with E-state index in [2.05, 4.69) is 22.6 Å². The smallest absolute Gasteiger partial charge is 0.151 e. The van der Waals surface area contributed by atoms with Crippen molar-refractivity contribution in [2.45, 2.75) is 25.4 Å². The summed E-state index contributed by atoms with van der Waals surface area (Å²) in [6.07, 6.45) is 2.52. The summed E-state index contributed by atoms with van der Waals surface area (Å²) in [6.45, 7) is 0.647. The number of halogens is 1. The van der Waals surface area contributed by atoms with Gasteiger partial charge in [-0.1, -0.05) is 41.0 Å². The Kier molecular flexibility index (Phi) is 4.96. The van der Waals surface area contributed by atoms with Gasteiger partial charge in [-0.3, -0.25) is 0 Å². The summed E-state index contributed by atoms with van der Waals surface area (Å²) in [5.41, 5.74) is 3.11. The Labute approximate surface area is 158 Å². The van der Waals surface area contributed by atoms with E-state index in [1.165, 1.54) is 18.4 Å². The topological polar surface area (TPSA) is 47.3 Å². The average molecular weight is 369 g/mol. The van der Waals surface area contributed by atoms with Gasteiger partial charge in [-0.2, -0.15) is 0 Å². The van der Waals surface area contributed by atoms with E-state index in [1.54, 1.807) is 7.11 Å². The molecule has 1 aliphatic carbocycles. The Bertz CT molecular complexity index is 854. The normalized spacial score (nSPS) is 15.0. The van der Waals surface area contributed by atoms with Gasteiger partial charge >= 0.3 is 0 Å². The first-order chi connectivity index (χ1) is 12.7. The van der Waals surface area contributed by atoms with Crippen LogP contribution in [-0.4, -0.2) is 12.3 Å². The molecule has 1 aliphatic rings. The van der Waals surface area contributed by atoms with Gasteiger partial charge in [0, 0.05) is 22.7 Å². The predicted octanol–water partition coefficient (Wildman–Crippen LogP) is 5.24. The van der Waals surface area contributed by atoms with E-state index in [0.29, 0.717) is 23.5 Å². The van der Waals surface area contributed by atoms with Crippen LogP contribution in [0.15, 0.2) is 59.1 Å². The second-order valence-corrected chi connectivity index (χ2v) is 7.09. The molecule has 0 saturated heterocycles. The van der Waals surface area contributed by atoms with Crippen LogP contribution >= 0.6 is 11.6 Å². The summed E-state index contributed by atoms with van der Waals surface area (Å²) < 4.78 is 10.8. The molecule has 1 N–H and O–H groups in total. The molecule has 4 nitrogen and oxygen atoms in total. The maximum Gasteiger partial charge on any atom is 0.151 e. The number of nitrogens with one attached hydrogen (secondary N) is 1. The highest BCUT2D eigenvalue weighted by Crippen LogP contribution is 2.41. The monoisotopic (exact) mass is 368 g/mol. The van der Waals surface area contributed by atoms with Crippen LogP contribution in [0.5, 0.6) is 5.75 Å². The van der Waals surface area contributed by atoms with Gasteiger partial charge in [-0.05, 0) is 48.6 Å². The molecule has 134 valence electrons. The molecule has 1 unspecified atom stereocenters. The second-order valence-electron chi connectivity index (χ2n) is 6.65. The summed E-state index contributed by atoms with van der Waals surface area (Å²) in [7, 11) is 1.69. The Morgan fingerprint density at radius 3 is 2.54 bits per heavy atom. The molecule has 0 bridgehead atoms. The lowest BCUT2D eigenvalue weighted by atomic mass is 10.0. The molecule has 0 amide bonds. The van der Waals surface area contributed by atoms with Crippen LogP contribution < -0.4 is 10.1 Å². The lowest BCUT2D eigenvalue weighted by molar-refractivity contribution is 0.358. The Morgan fingerprint density at radius 2 is 1.88 bits per heavy atom. The van der Waals surface area contributed by atoms with Crippen LogP contribution in [0.1, 0.15) is 30.2 Å². The third-order valence-corrected chi connectivity index (χ3v) is 5.02. The van der Waals surface area contributed by atoms with Crippen LogP contribution in [0.4, 0.5) is 0 Å². The molecule has 4 rings (SSSR count). The zero-order chi connectivity index (χ0) is 17.9. The SMILES string of the molecule is COc1ccc(C(NCc2cc(-c3ccc(Cl)cc3)no2)C2CC2)cc1. The average Bonchev–Trinajstić information content (AvgIpc) is 3.40. The van der Waals surface area contributed by atoms with Crippen molar-refractivity contribution in [1.82, 2.24) is 10.5 Å². The second kappa shape index (κ2) is 7.52. The molecule has 0 spiro atoms. The number of nitrogens with zero attached hydrogens (tertiary/aromatic N) is 1. The number of aromatic nitrogens is 1. The maximum absolute atomic E-state index is 5.94. The Hall–Kier alpha value is -2.30. The van der Waals surface area contributed by atoms with E-state index in [-0.39, 0.29) is 0 Å². The Morgan fingerprint density at radius 1 is 1.15 bits per heavy atom. The molecule has 5 heteroatoms. The van der Waals surface area contributed by atoms with Crippen molar-refractivity contribution in [2.75, 3.05) is 7.11 Å². The van der Waals surface area contributed by atoms with Gasteiger partial charge in [0.2, 0.25) is 0 Å². The summed E-state index contributed by atoms with van der Waals surface area (Å²) >= 11 is 5.94. The van der Waals surface area contributed by atoms with Gasteiger partial charge in [0.1, 0.15) is 11.4 Å². The molecule has 1 heterocycles. The number of hydrogen-bond donors (Lipinski definition) is 1. The minimum Gasteiger partial charge on any atom is -0.497 e. The van der Waals surface area contributed by atoms with Gasteiger partial charge in [-0.15, -0.1) is 0 Å². The van der Waals surface area contributed by atoms with E-state index in [4.69, 9.17) is 20.9 Å². The molecule has 1 saturated carbocycles. The van der Waals surface area contributed by atoms with Gasteiger partial charge < -0.3 is 14.6 Å². The molecular weight excluding hydrogens is 348 g/mol. The lowest BCUT2D eigenvalue weighted by Gasteiger charge is -2.18. The van der Waals surface area contributed by atoms with E-state index < -0.39 is 0 Å². The van der Waals surface area contributed by atoms with Gasteiger partial charge in [0.15, 0.2) is 5.76 Å². The molecule has 3 aromatic rings. The van der Waals surface area contributed by atoms with E-state index >= 15 is 0 Å². The van der Waals surface area contributed by atoms with Crippen LogP contribution in [-0.2, 0) is 6.54 Å². The molecule has 2 aromatic carbocycles. The number of benzene rings is 2. The summed E-state index contributed by atoms with van der Waals surface area (Å²) in [5.74, 6) is 2.39. The molecule has 1 fully saturated rings. The number of rotatable bonds is 7. The maximum atomic E-state index is 5.94. The minimum absolute atomic E-state index is 0.324. The summed E-state index contributed by atoms with van der Waals surface area (Å²) in [6, 6.07) is 18.2. The van der Waals surface area contributed by atoms with Crippen molar-refractivity contribution < 1.29 is 9.26 Å². The largest absolute Gasteiger partial charge is 0.497 e. The third kappa shape index (κ3) is 3.92. The van der Waals surface area contributed by atoms with Crippen molar-refractivity contribution >= 4 is 11.6 Å². The van der Waals surface area contributed by atoms with Crippen LogP contribution in [0.3, 0.4) is 0 Å². The van der Waals surface area contributed by atoms with Gasteiger partial charge in [0.05, 0.1) is 13.7 Å². The highest BCUT2D eigenvalue weighted by Gasteiger charge is 2.32. The first kappa shape index (κ1) is 17.1. The molecular formula is C21H21ClN2O2. The quantitative estimate of drug-likeness (QED) is 0.619. The standard InChI is InChI=1S/C21H21ClN2O2/c1-25-18-10-6-16(7-11-18)21(15-2-3-15)23-13-19-12-20(24-26-19)14-4-8-17(22)9-5-14/h4-12,15,21,23H,2-3,13H2,1H3. The highest BCUT2D eigenvalue weighted by molar-refractivity contribution is 6.30. The lowest BCUT2D eigenvalue weighted by Crippen LogP contribution is -2.22. The zero-order valence-electron chi connectivity index (χ0n) is 14.6. The Balaban J connectivity index is 1.44.